The van der Waals surface area contributed by atoms with Gasteiger partial charge in [0.1, 0.15) is 5.82 Å². The fourth-order valence-corrected chi connectivity index (χ4v) is 2.90. The minimum Gasteiger partial charge on any atom is -0.321 e. The second-order valence-electron chi connectivity index (χ2n) is 4.56. The van der Waals surface area contributed by atoms with Gasteiger partial charge in [-0.25, -0.2) is 4.39 Å². The third-order valence-electron chi connectivity index (χ3n) is 3.46. The summed E-state index contributed by atoms with van der Waals surface area (Å²) < 4.78 is 14.0. The molecule has 1 aromatic rings. The molecule has 0 aliphatic heterocycles. The second-order valence-corrected chi connectivity index (χ2v) is 5.44. The second kappa shape index (κ2) is 4.76. The van der Waals surface area contributed by atoms with Gasteiger partial charge in [-0.1, -0.05) is 25.3 Å². The molecule has 0 unspecified atom stereocenters. The molecule has 0 heterocycles. The van der Waals surface area contributed by atoms with Crippen molar-refractivity contribution >= 4 is 11.8 Å². The Morgan fingerprint density at radius 2 is 1.94 bits per heavy atom. The van der Waals surface area contributed by atoms with Crippen LogP contribution in [0.15, 0.2) is 23.1 Å². The summed E-state index contributed by atoms with van der Waals surface area (Å²) in [6, 6.07) is 5.43. The lowest BCUT2D eigenvalue weighted by atomic mass is 9.77. The van der Waals surface area contributed by atoms with Gasteiger partial charge in [0.25, 0.3) is 0 Å². The van der Waals surface area contributed by atoms with E-state index in [2.05, 4.69) is 0 Å². The minimum absolute atomic E-state index is 0.142. The molecule has 2 N–H and O–H groups in total. The van der Waals surface area contributed by atoms with E-state index < -0.39 is 5.54 Å². The van der Waals surface area contributed by atoms with E-state index in [0.29, 0.717) is 5.56 Å². The predicted molar refractivity (Wildman–Crippen MR) is 67.1 cm³/mol. The van der Waals surface area contributed by atoms with Crippen LogP contribution in [0.3, 0.4) is 0 Å². The number of thioether (sulfide) groups is 1. The number of halogens is 1. The van der Waals surface area contributed by atoms with Crippen LogP contribution in [0.5, 0.6) is 0 Å². The Morgan fingerprint density at radius 1 is 1.25 bits per heavy atom. The Labute approximate surface area is 101 Å². The molecule has 0 saturated heterocycles. The van der Waals surface area contributed by atoms with Gasteiger partial charge in [0, 0.05) is 16.0 Å². The third kappa shape index (κ3) is 2.25. The lowest BCUT2D eigenvalue weighted by molar-refractivity contribution is 0.292. The largest absolute Gasteiger partial charge is 0.321 e. The van der Waals surface area contributed by atoms with Crippen molar-refractivity contribution < 1.29 is 4.39 Å². The molecule has 1 fully saturated rings. The molecule has 1 aliphatic rings. The number of hydrogen-bond donors (Lipinski definition) is 1. The molecule has 1 nitrogen and oxygen atoms in total. The van der Waals surface area contributed by atoms with Crippen LogP contribution in [0, 0.1) is 5.82 Å². The van der Waals surface area contributed by atoms with Crippen LogP contribution in [0.1, 0.15) is 37.7 Å². The molecule has 1 aromatic carbocycles. The molecule has 0 spiro atoms. The smallest absolute Gasteiger partial charge is 0.129 e. The molecule has 16 heavy (non-hydrogen) atoms. The van der Waals surface area contributed by atoms with E-state index in [0.717, 1.165) is 30.6 Å². The summed E-state index contributed by atoms with van der Waals surface area (Å²) in [5.74, 6) is -0.142. The van der Waals surface area contributed by atoms with Crippen LogP contribution in [0.4, 0.5) is 4.39 Å². The zero-order valence-corrected chi connectivity index (χ0v) is 10.4. The third-order valence-corrected chi connectivity index (χ3v) is 4.18. The van der Waals surface area contributed by atoms with E-state index in [4.69, 9.17) is 5.73 Å². The number of hydrogen-bond acceptors (Lipinski definition) is 2. The highest BCUT2D eigenvalue weighted by molar-refractivity contribution is 7.98. The Kier molecular flexibility index (Phi) is 3.55. The first-order valence-corrected chi connectivity index (χ1v) is 7.01. The molecule has 2 rings (SSSR count). The van der Waals surface area contributed by atoms with Crippen molar-refractivity contribution in [3.8, 4) is 0 Å². The fourth-order valence-electron chi connectivity index (χ4n) is 2.48. The van der Waals surface area contributed by atoms with Crippen LogP contribution < -0.4 is 5.73 Å². The molecule has 0 aromatic heterocycles. The molecular weight excluding hydrogens is 221 g/mol. The Balaban J connectivity index is 2.32. The summed E-state index contributed by atoms with van der Waals surface area (Å²) in [6.07, 6.45) is 7.21. The summed E-state index contributed by atoms with van der Waals surface area (Å²) in [6.45, 7) is 0. The van der Waals surface area contributed by atoms with Crippen molar-refractivity contribution in [2.75, 3.05) is 6.26 Å². The molecule has 1 aliphatic carbocycles. The van der Waals surface area contributed by atoms with Crippen LogP contribution in [0.25, 0.3) is 0 Å². The van der Waals surface area contributed by atoms with Crippen molar-refractivity contribution in [3.05, 3.63) is 29.6 Å². The summed E-state index contributed by atoms with van der Waals surface area (Å²) in [7, 11) is 0. The Bertz CT molecular complexity index is 372. The maximum Gasteiger partial charge on any atom is 0.129 e. The number of benzene rings is 1. The molecule has 1 saturated carbocycles. The molecule has 0 atom stereocenters. The average molecular weight is 239 g/mol. The zero-order valence-electron chi connectivity index (χ0n) is 9.63. The standard InChI is InChI=1S/C13H18FNS/c1-16-10-5-6-11(12(14)9-10)13(15)7-3-2-4-8-13/h5-6,9H,2-4,7-8,15H2,1H3. The normalized spacial score (nSPS) is 19.7. The fraction of sp³-hybridized carbons (Fsp3) is 0.538. The van der Waals surface area contributed by atoms with Gasteiger partial charge in [0.05, 0.1) is 0 Å². The van der Waals surface area contributed by atoms with Crippen molar-refractivity contribution in [2.24, 2.45) is 5.73 Å². The lowest BCUT2D eigenvalue weighted by Gasteiger charge is -2.34. The average Bonchev–Trinajstić information content (AvgIpc) is 2.29. The zero-order chi connectivity index (χ0) is 11.6. The quantitative estimate of drug-likeness (QED) is 0.797. The predicted octanol–water partition coefficient (Wildman–Crippen LogP) is 3.67. The summed E-state index contributed by atoms with van der Waals surface area (Å²) >= 11 is 1.56. The van der Waals surface area contributed by atoms with Gasteiger partial charge in [0.15, 0.2) is 0 Å². The van der Waals surface area contributed by atoms with Crippen LogP contribution >= 0.6 is 11.8 Å². The van der Waals surface area contributed by atoms with E-state index >= 15 is 0 Å². The van der Waals surface area contributed by atoms with Gasteiger partial charge in [-0.2, -0.15) is 0 Å². The summed E-state index contributed by atoms with van der Waals surface area (Å²) in [4.78, 5) is 0.959. The lowest BCUT2D eigenvalue weighted by Crippen LogP contribution is -2.39. The van der Waals surface area contributed by atoms with E-state index in [1.807, 2.05) is 18.4 Å². The first kappa shape index (κ1) is 11.9. The van der Waals surface area contributed by atoms with Crippen LogP contribution in [-0.2, 0) is 5.54 Å². The SMILES string of the molecule is CSc1ccc(C2(N)CCCCC2)c(F)c1. The minimum atomic E-state index is -0.431. The van der Waals surface area contributed by atoms with Crippen LogP contribution in [0.2, 0.25) is 0 Å². The van der Waals surface area contributed by atoms with Crippen molar-refractivity contribution in [2.45, 2.75) is 42.5 Å². The highest BCUT2D eigenvalue weighted by Gasteiger charge is 2.31. The summed E-state index contributed by atoms with van der Waals surface area (Å²) in [5, 5.41) is 0. The summed E-state index contributed by atoms with van der Waals surface area (Å²) in [5.41, 5.74) is 6.59. The molecule has 0 bridgehead atoms. The van der Waals surface area contributed by atoms with Crippen molar-refractivity contribution in [3.63, 3.8) is 0 Å². The molecule has 0 radical (unpaired) electrons. The van der Waals surface area contributed by atoms with Crippen molar-refractivity contribution in [1.29, 1.82) is 0 Å². The van der Waals surface area contributed by atoms with Gasteiger partial charge >= 0.3 is 0 Å². The highest BCUT2D eigenvalue weighted by atomic mass is 32.2. The van der Waals surface area contributed by atoms with E-state index in [9.17, 15) is 4.39 Å². The number of nitrogens with two attached hydrogens (primary N) is 1. The van der Waals surface area contributed by atoms with E-state index in [1.165, 1.54) is 6.42 Å². The van der Waals surface area contributed by atoms with Gasteiger partial charge < -0.3 is 5.73 Å². The molecule has 88 valence electrons. The topological polar surface area (TPSA) is 26.0 Å². The van der Waals surface area contributed by atoms with Crippen LogP contribution in [-0.4, -0.2) is 6.26 Å². The Morgan fingerprint density at radius 3 is 2.50 bits per heavy atom. The Hall–Kier alpha value is -0.540. The van der Waals surface area contributed by atoms with Gasteiger partial charge in [-0.15, -0.1) is 11.8 Å². The number of rotatable bonds is 2. The molecule has 0 amide bonds. The maximum absolute atomic E-state index is 14.0. The highest BCUT2D eigenvalue weighted by Crippen LogP contribution is 2.36. The van der Waals surface area contributed by atoms with E-state index in [1.54, 1.807) is 17.8 Å². The van der Waals surface area contributed by atoms with Gasteiger partial charge in [0.2, 0.25) is 0 Å². The molecule has 3 heteroatoms. The van der Waals surface area contributed by atoms with Gasteiger partial charge in [-0.05, 0) is 31.2 Å². The first-order valence-electron chi connectivity index (χ1n) is 5.79. The molecular formula is C13H18FNS. The van der Waals surface area contributed by atoms with Gasteiger partial charge in [-0.3, -0.25) is 0 Å². The van der Waals surface area contributed by atoms with E-state index in [-0.39, 0.29) is 5.82 Å². The van der Waals surface area contributed by atoms with Crippen molar-refractivity contribution in [1.82, 2.24) is 0 Å². The maximum atomic E-state index is 14.0. The first-order chi connectivity index (χ1) is 7.65. The monoisotopic (exact) mass is 239 g/mol.